The zero-order chi connectivity index (χ0) is 26.0. The summed E-state index contributed by atoms with van der Waals surface area (Å²) >= 11 is 0. The summed E-state index contributed by atoms with van der Waals surface area (Å²) in [5, 5.41) is 44.3. The van der Waals surface area contributed by atoms with Gasteiger partial charge in [-0.05, 0) is 97.7 Å². The number of allylic oxidation sites excluding steroid dienone is 1. The third kappa shape index (κ3) is 2.90. The van der Waals surface area contributed by atoms with E-state index in [9.17, 15) is 25.2 Å². The molecule has 0 aromatic heterocycles. The molecular weight excluding hydrogens is 440 g/mol. The number of carboxylic acids is 1. The lowest BCUT2D eigenvalue weighted by Crippen LogP contribution is -2.68. The number of carbonyl (C=O) groups is 1. The van der Waals surface area contributed by atoms with Gasteiger partial charge < -0.3 is 20.4 Å². The van der Waals surface area contributed by atoms with Crippen LogP contribution in [0.2, 0.25) is 0 Å². The van der Waals surface area contributed by atoms with Crippen LogP contribution in [0.15, 0.2) is 11.6 Å². The number of hydrogen-bond acceptors (Lipinski definition) is 4. The van der Waals surface area contributed by atoms with Crippen LogP contribution in [-0.4, -0.2) is 44.2 Å². The highest BCUT2D eigenvalue weighted by atomic mass is 16.4. The second-order valence-corrected chi connectivity index (χ2v) is 14.9. The first-order valence-electron chi connectivity index (χ1n) is 14.0. The van der Waals surface area contributed by atoms with Crippen LogP contribution in [0.5, 0.6) is 0 Å². The summed E-state index contributed by atoms with van der Waals surface area (Å²) in [6.07, 6.45) is 7.21. The molecule has 5 rings (SSSR count). The van der Waals surface area contributed by atoms with Crippen molar-refractivity contribution in [2.45, 2.75) is 118 Å². The van der Waals surface area contributed by atoms with Gasteiger partial charge in [0.1, 0.15) is 0 Å². The van der Waals surface area contributed by atoms with E-state index in [4.69, 9.17) is 0 Å². The van der Waals surface area contributed by atoms with Crippen molar-refractivity contribution in [3.63, 3.8) is 0 Å². The molecule has 0 spiro atoms. The normalized spacial score (nSPS) is 57.1. The maximum atomic E-state index is 12.8. The minimum Gasteiger partial charge on any atom is -0.481 e. The predicted octanol–water partition coefficient (Wildman–Crippen LogP) is 5.18. The van der Waals surface area contributed by atoms with Gasteiger partial charge in [-0.2, -0.15) is 0 Å². The number of fused-ring (bicyclic) bond motifs is 7. The van der Waals surface area contributed by atoms with Gasteiger partial charge in [0.2, 0.25) is 0 Å². The van der Waals surface area contributed by atoms with Crippen LogP contribution in [0.25, 0.3) is 0 Å². The standard InChI is InChI=1S/C30H48O5/c1-17-10-13-30(24(33)34)15-14-27(5)18(22(30)29(17,7)35)8-9-21-26(4)16-19(31)23(32)25(2,3)20(26)11-12-28(21,27)6/h8,17,19-23,31-32,35H,9-16H2,1-7H3,(H,33,34)/t17-,19-,20+,21-,22-,23-,26+,27-,28-,29-,30+/m1/s1. The Kier molecular flexibility index (Phi) is 5.40. The van der Waals surface area contributed by atoms with Crippen LogP contribution in [0, 0.1) is 50.7 Å². The number of aliphatic hydroxyl groups is 3. The van der Waals surface area contributed by atoms with Gasteiger partial charge in [0, 0.05) is 5.92 Å². The summed E-state index contributed by atoms with van der Waals surface area (Å²) in [5.74, 6) is -0.394. The molecule has 5 aliphatic carbocycles. The minimum absolute atomic E-state index is 0.0535. The number of carboxylic acid groups (broad SMARTS) is 1. The van der Waals surface area contributed by atoms with E-state index in [1.807, 2.05) is 6.92 Å². The maximum absolute atomic E-state index is 12.8. The largest absolute Gasteiger partial charge is 0.481 e. The number of rotatable bonds is 1. The van der Waals surface area contributed by atoms with Crippen molar-refractivity contribution in [3.8, 4) is 0 Å². The molecule has 0 bridgehead atoms. The minimum atomic E-state index is -1.05. The van der Waals surface area contributed by atoms with E-state index in [0.717, 1.165) is 32.1 Å². The van der Waals surface area contributed by atoms with Crippen molar-refractivity contribution < 1.29 is 25.2 Å². The van der Waals surface area contributed by atoms with Crippen LogP contribution in [0.3, 0.4) is 0 Å². The third-order valence-corrected chi connectivity index (χ3v) is 13.4. The molecule has 0 amide bonds. The van der Waals surface area contributed by atoms with Gasteiger partial charge in [-0.25, -0.2) is 0 Å². The van der Waals surface area contributed by atoms with Crippen LogP contribution >= 0.6 is 0 Å². The Balaban J connectivity index is 1.65. The average Bonchev–Trinajstić information content (AvgIpc) is 2.75. The lowest BCUT2D eigenvalue weighted by Gasteiger charge is -2.72. The van der Waals surface area contributed by atoms with E-state index >= 15 is 0 Å². The molecule has 0 aromatic rings. The van der Waals surface area contributed by atoms with Crippen molar-refractivity contribution in [3.05, 3.63) is 11.6 Å². The second kappa shape index (κ2) is 7.35. The van der Waals surface area contributed by atoms with Gasteiger partial charge in [0.25, 0.3) is 0 Å². The molecule has 5 aliphatic rings. The van der Waals surface area contributed by atoms with E-state index < -0.39 is 29.2 Å². The van der Waals surface area contributed by atoms with Crippen molar-refractivity contribution in [2.75, 3.05) is 0 Å². The van der Waals surface area contributed by atoms with Gasteiger partial charge in [-0.1, -0.05) is 53.2 Å². The second-order valence-electron chi connectivity index (χ2n) is 14.9. The van der Waals surface area contributed by atoms with Gasteiger partial charge in [-0.3, -0.25) is 4.79 Å². The summed E-state index contributed by atoms with van der Waals surface area (Å²) in [6, 6.07) is 0. The SMILES string of the molecule is C[C@@H]1CC[C@]2(C(=O)O)CC[C@]3(C)C(=CC[C@@H]4[C@@]5(C)C[C@@H](O)[C@@H](O)C(C)(C)[C@@H]5CC[C@]43C)[C@@H]2[C@]1(C)O. The first-order valence-corrected chi connectivity index (χ1v) is 14.0. The summed E-state index contributed by atoms with van der Waals surface area (Å²) in [5.41, 5.74) is -1.46. The molecule has 5 nitrogen and oxygen atoms in total. The van der Waals surface area contributed by atoms with Gasteiger partial charge in [-0.15, -0.1) is 0 Å². The van der Waals surface area contributed by atoms with Crippen LogP contribution < -0.4 is 0 Å². The topological polar surface area (TPSA) is 98.0 Å². The molecule has 0 aromatic carbocycles. The zero-order valence-corrected chi connectivity index (χ0v) is 22.9. The molecule has 4 saturated carbocycles. The van der Waals surface area contributed by atoms with E-state index in [1.165, 1.54) is 5.57 Å². The summed E-state index contributed by atoms with van der Waals surface area (Å²) in [4.78, 5) is 12.8. The summed E-state index contributed by atoms with van der Waals surface area (Å²) in [7, 11) is 0. The van der Waals surface area contributed by atoms with Gasteiger partial charge >= 0.3 is 5.97 Å². The maximum Gasteiger partial charge on any atom is 0.310 e. The molecule has 35 heavy (non-hydrogen) atoms. The Bertz CT molecular complexity index is 952. The molecular formula is C30H48O5. The Labute approximate surface area is 211 Å². The third-order valence-electron chi connectivity index (χ3n) is 13.4. The monoisotopic (exact) mass is 488 g/mol. The van der Waals surface area contributed by atoms with Crippen molar-refractivity contribution in [2.24, 2.45) is 50.7 Å². The van der Waals surface area contributed by atoms with E-state index in [0.29, 0.717) is 31.1 Å². The first-order chi connectivity index (χ1) is 16.0. The molecule has 198 valence electrons. The fourth-order valence-electron chi connectivity index (χ4n) is 11.0. The Morgan fingerprint density at radius 1 is 0.943 bits per heavy atom. The lowest BCUT2D eigenvalue weighted by atomic mass is 9.33. The molecule has 0 saturated heterocycles. The first kappa shape index (κ1) is 25.7. The predicted molar refractivity (Wildman–Crippen MR) is 135 cm³/mol. The fraction of sp³-hybridized carbons (Fsp3) is 0.900. The summed E-state index contributed by atoms with van der Waals surface area (Å²) < 4.78 is 0. The number of hydrogen-bond donors (Lipinski definition) is 4. The molecule has 0 heterocycles. The Morgan fingerprint density at radius 2 is 1.60 bits per heavy atom. The van der Waals surface area contributed by atoms with Gasteiger partial charge in [0.05, 0.1) is 23.2 Å². The Morgan fingerprint density at radius 3 is 2.23 bits per heavy atom. The van der Waals surface area contributed by atoms with E-state index in [2.05, 4.69) is 47.6 Å². The van der Waals surface area contributed by atoms with E-state index in [1.54, 1.807) is 0 Å². The van der Waals surface area contributed by atoms with Crippen LogP contribution in [0.4, 0.5) is 0 Å². The summed E-state index contributed by atoms with van der Waals surface area (Å²) in [6.45, 7) is 15.3. The highest BCUT2D eigenvalue weighted by Crippen LogP contribution is 2.76. The molecule has 5 heteroatoms. The molecule has 4 N–H and O–H groups in total. The van der Waals surface area contributed by atoms with Gasteiger partial charge in [0.15, 0.2) is 0 Å². The van der Waals surface area contributed by atoms with Crippen LogP contribution in [0.1, 0.15) is 99.8 Å². The quantitative estimate of drug-likeness (QED) is 0.382. The molecule has 0 aliphatic heterocycles. The zero-order valence-electron chi connectivity index (χ0n) is 22.9. The van der Waals surface area contributed by atoms with Crippen LogP contribution in [-0.2, 0) is 4.79 Å². The average molecular weight is 489 g/mol. The van der Waals surface area contributed by atoms with E-state index in [-0.39, 0.29) is 33.5 Å². The smallest absolute Gasteiger partial charge is 0.310 e. The van der Waals surface area contributed by atoms with Crippen molar-refractivity contribution in [1.29, 1.82) is 0 Å². The molecule has 0 unspecified atom stereocenters. The number of aliphatic hydroxyl groups excluding tert-OH is 2. The number of aliphatic carboxylic acids is 1. The highest BCUT2D eigenvalue weighted by Gasteiger charge is 2.71. The Hall–Kier alpha value is -0.910. The fourth-order valence-corrected chi connectivity index (χ4v) is 11.0. The van der Waals surface area contributed by atoms with Crippen molar-refractivity contribution >= 4 is 5.97 Å². The molecule has 4 fully saturated rings. The molecule has 11 atom stereocenters. The van der Waals surface area contributed by atoms with Crippen molar-refractivity contribution in [1.82, 2.24) is 0 Å². The lowest BCUT2D eigenvalue weighted by molar-refractivity contribution is -0.237. The molecule has 0 radical (unpaired) electrons. The highest BCUT2D eigenvalue weighted by molar-refractivity contribution is 5.77.